The molecule has 0 amide bonds. The van der Waals surface area contributed by atoms with Gasteiger partial charge in [0.25, 0.3) is 0 Å². The van der Waals surface area contributed by atoms with E-state index in [1.165, 1.54) is 5.69 Å². The fraction of sp³-hybridized carbons (Fsp3) is 0.417. The van der Waals surface area contributed by atoms with Crippen molar-refractivity contribution in [2.24, 2.45) is 0 Å². The van der Waals surface area contributed by atoms with Gasteiger partial charge in [-0.3, -0.25) is 9.88 Å². The molecule has 0 aliphatic carbocycles. The fourth-order valence-electron chi connectivity index (χ4n) is 4.27. The van der Waals surface area contributed by atoms with Crippen molar-refractivity contribution >= 4 is 45.5 Å². The maximum absolute atomic E-state index is 6.40. The molecule has 0 radical (unpaired) electrons. The summed E-state index contributed by atoms with van der Waals surface area (Å²) in [7, 11) is 0. The second-order valence-electron chi connectivity index (χ2n) is 8.03. The summed E-state index contributed by atoms with van der Waals surface area (Å²) in [6, 6.07) is 10.1. The molecule has 0 spiro atoms. The number of aromatic nitrogens is 2. The summed E-state index contributed by atoms with van der Waals surface area (Å²) < 4.78 is 0. The van der Waals surface area contributed by atoms with Crippen LogP contribution in [0, 0.1) is 6.92 Å². The van der Waals surface area contributed by atoms with E-state index in [-0.39, 0.29) is 0 Å². The van der Waals surface area contributed by atoms with Gasteiger partial charge < -0.3 is 10.2 Å². The Labute approximate surface area is 194 Å². The number of nitrogens with zero attached hydrogens (tertiary/aromatic N) is 4. The summed E-state index contributed by atoms with van der Waals surface area (Å²) in [5.41, 5.74) is 5.44. The van der Waals surface area contributed by atoms with E-state index in [1.807, 2.05) is 37.4 Å². The summed E-state index contributed by atoms with van der Waals surface area (Å²) in [5.74, 6) is 0. The van der Waals surface area contributed by atoms with Crippen LogP contribution in [0.1, 0.15) is 24.6 Å². The van der Waals surface area contributed by atoms with Crippen molar-refractivity contribution in [1.82, 2.24) is 14.9 Å². The number of hydrogen-bond acceptors (Lipinski definition) is 5. The Hall–Kier alpha value is -2.08. The number of hydrogen-bond donors (Lipinski definition) is 1. The average Bonchev–Trinajstić information content (AvgIpc) is 2.76. The minimum absolute atomic E-state index is 0.650. The smallest absolute Gasteiger partial charge is 0.134 e. The molecule has 1 aliphatic heterocycles. The van der Waals surface area contributed by atoms with Gasteiger partial charge in [-0.2, -0.15) is 0 Å². The zero-order chi connectivity index (χ0) is 21.8. The molecule has 31 heavy (non-hydrogen) atoms. The van der Waals surface area contributed by atoms with Crippen molar-refractivity contribution in [3.63, 3.8) is 0 Å². The Kier molecular flexibility index (Phi) is 7.16. The highest BCUT2D eigenvalue weighted by Crippen LogP contribution is 2.29. The lowest BCUT2D eigenvalue weighted by atomic mass is 10.1. The van der Waals surface area contributed by atoms with Crippen LogP contribution in [0.3, 0.4) is 0 Å². The van der Waals surface area contributed by atoms with Gasteiger partial charge in [-0.25, -0.2) is 4.98 Å². The zero-order valence-electron chi connectivity index (χ0n) is 18.2. The third kappa shape index (κ3) is 5.22. The second kappa shape index (κ2) is 10.0. The molecule has 1 fully saturated rings. The van der Waals surface area contributed by atoms with Crippen molar-refractivity contribution in [3.05, 3.63) is 58.0 Å². The van der Waals surface area contributed by atoms with Crippen LogP contribution >= 0.6 is 23.2 Å². The molecule has 3 aromatic rings. The van der Waals surface area contributed by atoms with E-state index < -0.39 is 0 Å². The standard InChI is InChI=1S/C24H29Cl2N5/c1-3-19-23(15-17(2)29-24(19)26)31-13-11-30(12-14-31)10-4-8-27-21-7-9-28-22-16-18(25)5-6-20(21)22/h5-7,9,15-16H,3-4,8,10-14H2,1-2H3,(H,27,28). The van der Waals surface area contributed by atoms with Crippen molar-refractivity contribution in [1.29, 1.82) is 0 Å². The largest absolute Gasteiger partial charge is 0.384 e. The first kappa shape index (κ1) is 22.1. The number of halogens is 2. The van der Waals surface area contributed by atoms with Crippen LogP contribution in [0.4, 0.5) is 11.4 Å². The molecule has 5 nitrogen and oxygen atoms in total. The third-order valence-corrected chi connectivity index (χ3v) is 6.46. The number of rotatable bonds is 7. The molecular weight excluding hydrogens is 429 g/mol. The van der Waals surface area contributed by atoms with Crippen LogP contribution in [-0.4, -0.2) is 54.1 Å². The van der Waals surface area contributed by atoms with E-state index in [2.05, 4.69) is 38.1 Å². The van der Waals surface area contributed by atoms with Crippen LogP contribution in [0.2, 0.25) is 10.2 Å². The second-order valence-corrected chi connectivity index (χ2v) is 8.83. The highest BCUT2D eigenvalue weighted by atomic mass is 35.5. The molecule has 2 aromatic heterocycles. The number of pyridine rings is 2. The first-order chi connectivity index (χ1) is 15.0. The van der Waals surface area contributed by atoms with Crippen LogP contribution in [-0.2, 0) is 6.42 Å². The summed E-state index contributed by atoms with van der Waals surface area (Å²) in [4.78, 5) is 13.8. The van der Waals surface area contributed by atoms with Gasteiger partial charge in [0.2, 0.25) is 0 Å². The molecular formula is C24H29Cl2N5. The average molecular weight is 458 g/mol. The zero-order valence-corrected chi connectivity index (χ0v) is 19.7. The Bertz CT molecular complexity index is 1050. The van der Waals surface area contributed by atoms with Gasteiger partial charge in [-0.15, -0.1) is 0 Å². The van der Waals surface area contributed by atoms with E-state index in [0.717, 1.165) is 80.0 Å². The van der Waals surface area contributed by atoms with Gasteiger partial charge in [0, 0.05) is 72.0 Å². The van der Waals surface area contributed by atoms with Crippen LogP contribution < -0.4 is 10.2 Å². The van der Waals surface area contributed by atoms with Gasteiger partial charge in [-0.1, -0.05) is 30.1 Å². The molecule has 0 bridgehead atoms. The van der Waals surface area contributed by atoms with Crippen LogP contribution in [0.5, 0.6) is 0 Å². The van der Waals surface area contributed by atoms with Crippen LogP contribution in [0.25, 0.3) is 10.9 Å². The number of nitrogens with one attached hydrogen (secondary N) is 1. The number of anilines is 2. The maximum atomic E-state index is 6.40. The molecule has 0 atom stereocenters. The number of benzene rings is 1. The van der Waals surface area contributed by atoms with Gasteiger partial charge in [0.15, 0.2) is 0 Å². The highest BCUT2D eigenvalue weighted by molar-refractivity contribution is 6.31. The molecule has 0 saturated carbocycles. The summed E-state index contributed by atoms with van der Waals surface area (Å²) >= 11 is 12.5. The minimum Gasteiger partial charge on any atom is -0.384 e. The molecule has 164 valence electrons. The Morgan fingerprint density at radius 2 is 1.87 bits per heavy atom. The summed E-state index contributed by atoms with van der Waals surface area (Å²) in [6.45, 7) is 10.4. The van der Waals surface area contributed by atoms with E-state index in [9.17, 15) is 0 Å². The monoisotopic (exact) mass is 457 g/mol. The number of piperazine rings is 1. The van der Waals surface area contributed by atoms with Crippen molar-refractivity contribution < 1.29 is 0 Å². The molecule has 3 heterocycles. The minimum atomic E-state index is 0.650. The number of aryl methyl sites for hydroxylation is 1. The van der Waals surface area contributed by atoms with Crippen LogP contribution in [0.15, 0.2) is 36.5 Å². The molecule has 7 heteroatoms. The molecule has 1 aliphatic rings. The van der Waals surface area contributed by atoms with Gasteiger partial charge in [0.05, 0.1) is 5.52 Å². The summed E-state index contributed by atoms with van der Waals surface area (Å²) in [5, 5.41) is 6.04. The Morgan fingerprint density at radius 1 is 1.06 bits per heavy atom. The normalized spacial score (nSPS) is 14.9. The van der Waals surface area contributed by atoms with E-state index in [4.69, 9.17) is 23.2 Å². The predicted molar refractivity (Wildman–Crippen MR) is 132 cm³/mol. The SMILES string of the molecule is CCc1c(N2CCN(CCCNc3ccnc4cc(Cl)ccc34)CC2)cc(C)nc1Cl. The first-order valence-corrected chi connectivity index (χ1v) is 11.7. The van der Waals surface area contributed by atoms with Crippen molar-refractivity contribution in [3.8, 4) is 0 Å². The third-order valence-electron chi connectivity index (χ3n) is 5.92. The Morgan fingerprint density at radius 3 is 2.65 bits per heavy atom. The van der Waals surface area contributed by atoms with Gasteiger partial charge >= 0.3 is 0 Å². The van der Waals surface area contributed by atoms with Crippen molar-refractivity contribution in [2.45, 2.75) is 26.7 Å². The van der Waals surface area contributed by atoms with E-state index in [1.54, 1.807) is 0 Å². The van der Waals surface area contributed by atoms with E-state index in [0.29, 0.717) is 10.2 Å². The number of fused-ring (bicyclic) bond motifs is 1. The topological polar surface area (TPSA) is 44.3 Å². The maximum Gasteiger partial charge on any atom is 0.134 e. The first-order valence-electron chi connectivity index (χ1n) is 11.0. The lowest BCUT2D eigenvalue weighted by Crippen LogP contribution is -2.47. The molecule has 0 unspecified atom stereocenters. The molecule has 1 N–H and O–H groups in total. The van der Waals surface area contributed by atoms with Crippen molar-refractivity contribution in [2.75, 3.05) is 49.5 Å². The molecule has 1 saturated heterocycles. The molecule has 1 aromatic carbocycles. The predicted octanol–water partition coefficient (Wildman–Crippen LogP) is 5.43. The quantitative estimate of drug-likeness (QED) is 0.378. The fourth-order valence-corrected chi connectivity index (χ4v) is 4.80. The Balaban J connectivity index is 1.27. The van der Waals surface area contributed by atoms with E-state index >= 15 is 0 Å². The van der Waals surface area contributed by atoms with Gasteiger partial charge in [0.1, 0.15) is 5.15 Å². The lowest BCUT2D eigenvalue weighted by Gasteiger charge is -2.37. The molecule has 4 rings (SSSR count). The van der Waals surface area contributed by atoms with Gasteiger partial charge in [-0.05, 0) is 56.6 Å². The highest BCUT2D eigenvalue weighted by Gasteiger charge is 2.20. The summed E-state index contributed by atoms with van der Waals surface area (Å²) in [6.07, 6.45) is 3.83. The lowest BCUT2D eigenvalue weighted by molar-refractivity contribution is 0.257.